The van der Waals surface area contributed by atoms with E-state index < -0.39 is 0 Å². The van der Waals surface area contributed by atoms with E-state index in [1.54, 1.807) is 36.7 Å². The Morgan fingerprint density at radius 2 is 1.70 bits per heavy atom. The number of nitrogens with zero attached hydrogens (tertiary/aromatic N) is 2. The maximum Gasteiger partial charge on any atom is 0.215 e. The average Bonchev–Trinajstić information content (AvgIpc) is 2.37. The molecule has 0 aliphatic rings. The normalized spacial score (nSPS) is 9.80. The summed E-state index contributed by atoms with van der Waals surface area (Å²) in [4.78, 5) is 7.73. The zero-order chi connectivity index (χ0) is 15.0. The van der Waals surface area contributed by atoms with Crippen molar-refractivity contribution in [2.45, 2.75) is 13.8 Å². The molecular weight excluding hydrogens is 276 g/mol. The Bertz CT molecular complexity index is 517. The lowest BCUT2D eigenvalue weighted by Gasteiger charge is -2.07. The van der Waals surface area contributed by atoms with Crippen LogP contribution in [0.25, 0.3) is 0 Å². The van der Waals surface area contributed by atoms with Crippen molar-refractivity contribution in [2.75, 3.05) is 18.1 Å². The Morgan fingerprint density at radius 3 is 2.15 bits per heavy atom. The van der Waals surface area contributed by atoms with Gasteiger partial charge in [-0.1, -0.05) is 25.4 Å². The van der Waals surface area contributed by atoms with Crippen LogP contribution < -0.4 is 16.2 Å². The van der Waals surface area contributed by atoms with Gasteiger partial charge in [-0.25, -0.2) is 9.97 Å². The second-order valence-electron chi connectivity index (χ2n) is 4.54. The monoisotopic (exact) mass is 294 g/mol. The van der Waals surface area contributed by atoms with Gasteiger partial charge in [0.05, 0.1) is 6.61 Å². The lowest BCUT2D eigenvalue weighted by molar-refractivity contribution is 0.261. The van der Waals surface area contributed by atoms with Crippen LogP contribution in [0, 0.1) is 5.92 Å². The van der Waals surface area contributed by atoms with E-state index in [9.17, 15) is 0 Å². The van der Waals surface area contributed by atoms with E-state index in [0.29, 0.717) is 34.9 Å². The molecule has 4 N–H and O–H groups in total. The fourth-order valence-corrected chi connectivity index (χ4v) is 1.36. The van der Waals surface area contributed by atoms with Gasteiger partial charge in [0.1, 0.15) is 5.15 Å². The third-order valence-corrected chi connectivity index (χ3v) is 2.28. The van der Waals surface area contributed by atoms with Gasteiger partial charge in [-0.15, -0.1) is 0 Å². The van der Waals surface area contributed by atoms with Crippen LogP contribution in [0.15, 0.2) is 36.7 Å². The van der Waals surface area contributed by atoms with Crippen molar-refractivity contribution in [1.29, 1.82) is 0 Å². The van der Waals surface area contributed by atoms with E-state index in [1.807, 2.05) is 0 Å². The van der Waals surface area contributed by atoms with Gasteiger partial charge in [0.2, 0.25) is 5.88 Å². The van der Waals surface area contributed by atoms with Crippen molar-refractivity contribution in [3.63, 3.8) is 0 Å². The molecule has 0 atom stereocenters. The molecule has 5 nitrogen and oxygen atoms in total. The summed E-state index contributed by atoms with van der Waals surface area (Å²) in [7, 11) is 0. The lowest BCUT2D eigenvalue weighted by Crippen LogP contribution is -2.05. The van der Waals surface area contributed by atoms with Gasteiger partial charge in [0.15, 0.2) is 0 Å². The van der Waals surface area contributed by atoms with Crippen LogP contribution in [0.4, 0.5) is 11.4 Å². The first-order valence-corrected chi connectivity index (χ1v) is 6.56. The molecule has 0 unspecified atom stereocenters. The molecule has 2 rings (SSSR count). The van der Waals surface area contributed by atoms with Gasteiger partial charge in [0, 0.05) is 29.8 Å². The molecular formula is C14H19ClN4O. The molecule has 0 aliphatic carbocycles. The highest BCUT2D eigenvalue weighted by Crippen LogP contribution is 2.11. The first-order chi connectivity index (χ1) is 9.47. The standard InChI is InChI=1S/C9H14N2O.C5H5ClN2/c1-7(2)6-12-9-5-8(10)3-4-11-9;6-5-3-4(7)1-2-8-5/h3-5,7H,6H2,1-2H3,(H2,10,11);1-3H,(H2,7,8). The number of hydrogen-bond donors (Lipinski definition) is 2. The topological polar surface area (TPSA) is 87.0 Å². The molecule has 0 aromatic carbocycles. The van der Waals surface area contributed by atoms with E-state index in [0.717, 1.165) is 0 Å². The van der Waals surface area contributed by atoms with E-state index in [2.05, 4.69) is 23.8 Å². The summed E-state index contributed by atoms with van der Waals surface area (Å²) in [6, 6.07) is 6.75. The van der Waals surface area contributed by atoms with Crippen molar-refractivity contribution in [3.05, 3.63) is 41.8 Å². The Hall–Kier alpha value is -2.01. The summed E-state index contributed by atoms with van der Waals surface area (Å²) in [5, 5.41) is 0.435. The summed E-state index contributed by atoms with van der Waals surface area (Å²) < 4.78 is 5.36. The summed E-state index contributed by atoms with van der Waals surface area (Å²) in [5.74, 6) is 1.11. The van der Waals surface area contributed by atoms with Gasteiger partial charge in [-0.2, -0.15) is 0 Å². The van der Waals surface area contributed by atoms with E-state index in [1.165, 1.54) is 0 Å². The van der Waals surface area contributed by atoms with Crippen LogP contribution in [0.5, 0.6) is 5.88 Å². The molecule has 108 valence electrons. The van der Waals surface area contributed by atoms with Crippen LogP contribution >= 0.6 is 11.6 Å². The Morgan fingerprint density at radius 1 is 1.10 bits per heavy atom. The summed E-state index contributed by atoms with van der Waals surface area (Å²) in [6.45, 7) is 4.86. The average molecular weight is 295 g/mol. The Labute approximate surface area is 123 Å². The second kappa shape index (κ2) is 8.22. The minimum Gasteiger partial charge on any atom is -0.477 e. The second-order valence-corrected chi connectivity index (χ2v) is 4.93. The fraction of sp³-hybridized carbons (Fsp3) is 0.286. The van der Waals surface area contributed by atoms with Crippen LogP contribution in [0.3, 0.4) is 0 Å². The first-order valence-electron chi connectivity index (χ1n) is 6.18. The zero-order valence-electron chi connectivity index (χ0n) is 11.6. The number of nitrogen functional groups attached to an aromatic ring is 2. The highest BCUT2D eigenvalue weighted by molar-refractivity contribution is 6.29. The summed E-state index contributed by atoms with van der Waals surface area (Å²) in [6.07, 6.45) is 3.21. The number of ether oxygens (including phenoxy) is 1. The molecule has 0 amide bonds. The number of aromatic nitrogens is 2. The zero-order valence-corrected chi connectivity index (χ0v) is 12.3. The maximum absolute atomic E-state index is 5.54. The van der Waals surface area contributed by atoms with Gasteiger partial charge in [-0.05, 0) is 24.1 Å². The molecule has 2 aromatic heterocycles. The minimum atomic E-state index is 0.435. The largest absolute Gasteiger partial charge is 0.477 e. The smallest absolute Gasteiger partial charge is 0.215 e. The number of nitrogens with two attached hydrogens (primary N) is 2. The maximum atomic E-state index is 5.54. The number of halogens is 1. The van der Waals surface area contributed by atoms with Crippen molar-refractivity contribution in [2.24, 2.45) is 5.92 Å². The molecule has 2 heterocycles. The third-order valence-electron chi connectivity index (χ3n) is 2.07. The molecule has 0 saturated heterocycles. The van der Waals surface area contributed by atoms with E-state index in [-0.39, 0.29) is 0 Å². The van der Waals surface area contributed by atoms with Crippen LogP contribution in [-0.4, -0.2) is 16.6 Å². The van der Waals surface area contributed by atoms with Crippen molar-refractivity contribution >= 4 is 23.0 Å². The minimum absolute atomic E-state index is 0.435. The van der Waals surface area contributed by atoms with Crippen LogP contribution in [0.1, 0.15) is 13.8 Å². The SMILES string of the molecule is CC(C)COc1cc(N)ccn1.Nc1ccnc(Cl)c1. The Kier molecular flexibility index (Phi) is 6.59. The van der Waals surface area contributed by atoms with Gasteiger partial charge in [-0.3, -0.25) is 0 Å². The Balaban J connectivity index is 0.000000217. The highest BCUT2D eigenvalue weighted by Gasteiger charge is 1.97. The molecule has 6 heteroatoms. The van der Waals surface area contributed by atoms with Crippen LogP contribution in [0.2, 0.25) is 5.15 Å². The third kappa shape index (κ3) is 6.80. The quantitative estimate of drug-likeness (QED) is 0.850. The van der Waals surface area contributed by atoms with Gasteiger partial charge in [0.25, 0.3) is 0 Å². The predicted octanol–water partition coefficient (Wildman–Crippen LogP) is 3.02. The summed E-state index contributed by atoms with van der Waals surface area (Å²) in [5.41, 5.74) is 12.2. The number of hydrogen-bond acceptors (Lipinski definition) is 5. The molecule has 0 spiro atoms. The number of rotatable bonds is 3. The molecule has 20 heavy (non-hydrogen) atoms. The molecule has 0 saturated carbocycles. The first kappa shape index (κ1) is 16.0. The van der Waals surface area contributed by atoms with Crippen molar-refractivity contribution in [3.8, 4) is 5.88 Å². The van der Waals surface area contributed by atoms with Crippen molar-refractivity contribution < 1.29 is 4.74 Å². The van der Waals surface area contributed by atoms with Gasteiger partial charge >= 0.3 is 0 Å². The molecule has 2 aromatic rings. The number of pyridine rings is 2. The van der Waals surface area contributed by atoms with Gasteiger partial charge < -0.3 is 16.2 Å². The molecule has 0 aliphatic heterocycles. The summed E-state index contributed by atoms with van der Waals surface area (Å²) >= 11 is 5.45. The molecule has 0 radical (unpaired) electrons. The lowest BCUT2D eigenvalue weighted by atomic mass is 10.2. The highest BCUT2D eigenvalue weighted by atomic mass is 35.5. The predicted molar refractivity (Wildman–Crippen MR) is 82.6 cm³/mol. The van der Waals surface area contributed by atoms with E-state index in [4.69, 9.17) is 27.8 Å². The van der Waals surface area contributed by atoms with Crippen LogP contribution in [-0.2, 0) is 0 Å². The number of anilines is 2. The fourth-order valence-electron chi connectivity index (χ4n) is 1.17. The van der Waals surface area contributed by atoms with Crippen molar-refractivity contribution in [1.82, 2.24) is 9.97 Å². The molecule has 0 bridgehead atoms. The van der Waals surface area contributed by atoms with E-state index >= 15 is 0 Å². The molecule has 0 fully saturated rings.